The van der Waals surface area contributed by atoms with Gasteiger partial charge in [0, 0.05) is 33.2 Å². The molecule has 0 spiro atoms. The van der Waals surface area contributed by atoms with E-state index in [1.54, 1.807) is 7.05 Å². The highest BCUT2D eigenvalue weighted by molar-refractivity contribution is 5.79. The van der Waals surface area contributed by atoms with Crippen molar-refractivity contribution in [3.8, 4) is 12.3 Å². The Labute approximate surface area is 116 Å². The number of nitrogens with zero attached hydrogens (tertiary/aromatic N) is 2. The Kier molecular flexibility index (Phi) is 7.31. The summed E-state index contributed by atoms with van der Waals surface area (Å²) in [6.45, 7) is 9.64. The summed E-state index contributed by atoms with van der Waals surface area (Å²) in [7, 11) is 1.73. The predicted molar refractivity (Wildman–Crippen MR) is 79.2 cm³/mol. The number of nitrogens with one attached hydrogen (secondary N) is 2. The minimum Gasteiger partial charge on any atom is -0.374 e. The zero-order valence-electron chi connectivity index (χ0n) is 12.3. The molecule has 0 aliphatic carbocycles. The molecule has 0 bridgehead atoms. The number of rotatable bonds is 5. The van der Waals surface area contributed by atoms with Crippen molar-refractivity contribution in [3.63, 3.8) is 0 Å². The zero-order chi connectivity index (χ0) is 14.1. The van der Waals surface area contributed by atoms with Crippen LogP contribution in [0.25, 0.3) is 0 Å². The molecule has 1 aliphatic heterocycles. The molecule has 1 saturated heterocycles. The van der Waals surface area contributed by atoms with E-state index in [0.717, 1.165) is 38.7 Å². The van der Waals surface area contributed by atoms with Gasteiger partial charge >= 0.3 is 0 Å². The van der Waals surface area contributed by atoms with Gasteiger partial charge in [-0.25, -0.2) is 0 Å². The molecule has 0 aromatic carbocycles. The van der Waals surface area contributed by atoms with E-state index in [4.69, 9.17) is 11.2 Å². The first-order valence-corrected chi connectivity index (χ1v) is 6.87. The molecular weight excluding hydrogens is 240 g/mol. The number of aliphatic imine (C=N–C) groups is 1. The van der Waals surface area contributed by atoms with Gasteiger partial charge in [0.05, 0.1) is 19.3 Å². The molecule has 2 N–H and O–H groups in total. The summed E-state index contributed by atoms with van der Waals surface area (Å²) in [6, 6.07) is 0. The summed E-state index contributed by atoms with van der Waals surface area (Å²) < 4.78 is 5.76. The maximum Gasteiger partial charge on any atom is 0.191 e. The normalized spacial score (nSPS) is 21.2. The van der Waals surface area contributed by atoms with E-state index < -0.39 is 0 Å². The van der Waals surface area contributed by atoms with Crippen LogP contribution < -0.4 is 10.6 Å². The van der Waals surface area contributed by atoms with Crippen LogP contribution in [0.3, 0.4) is 0 Å². The minimum absolute atomic E-state index is 0.205. The summed E-state index contributed by atoms with van der Waals surface area (Å²) >= 11 is 0. The Morgan fingerprint density at radius 1 is 1.53 bits per heavy atom. The van der Waals surface area contributed by atoms with E-state index in [-0.39, 0.29) is 6.10 Å². The second-order valence-corrected chi connectivity index (χ2v) is 5.16. The van der Waals surface area contributed by atoms with Crippen molar-refractivity contribution in [2.45, 2.75) is 20.0 Å². The maximum atomic E-state index is 5.76. The smallest absolute Gasteiger partial charge is 0.191 e. The molecule has 0 radical (unpaired) electrons. The monoisotopic (exact) mass is 266 g/mol. The average molecular weight is 266 g/mol. The van der Waals surface area contributed by atoms with Crippen LogP contribution in [-0.4, -0.2) is 63.3 Å². The highest BCUT2D eigenvalue weighted by Gasteiger charge is 2.20. The van der Waals surface area contributed by atoms with Crippen molar-refractivity contribution in [2.75, 3.05) is 46.4 Å². The largest absolute Gasteiger partial charge is 0.374 e. The van der Waals surface area contributed by atoms with Crippen LogP contribution in [0.1, 0.15) is 13.8 Å². The van der Waals surface area contributed by atoms with Gasteiger partial charge in [0.15, 0.2) is 5.96 Å². The van der Waals surface area contributed by atoms with Crippen LogP contribution in [0.2, 0.25) is 0 Å². The molecule has 5 heteroatoms. The Morgan fingerprint density at radius 3 is 2.95 bits per heavy atom. The fourth-order valence-electron chi connectivity index (χ4n) is 2.15. The Balaban J connectivity index is 2.30. The fraction of sp³-hybridized carbons (Fsp3) is 0.786. The number of morpholine rings is 1. The summed E-state index contributed by atoms with van der Waals surface area (Å²) in [6.07, 6.45) is 5.41. The van der Waals surface area contributed by atoms with E-state index in [2.05, 4.69) is 40.3 Å². The molecule has 1 fully saturated rings. The Morgan fingerprint density at radius 2 is 2.32 bits per heavy atom. The molecular formula is C14H26N4O. The van der Waals surface area contributed by atoms with Crippen LogP contribution in [0.15, 0.2) is 4.99 Å². The van der Waals surface area contributed by atoms with E-state index in [0.29, 0.717) is 12.5 Å². The Hall–Kier alpha value is -1.25. The number of terminal acetylenes is 1. The second kappa shape index (κ2) is 8.78. The van der Waals surface area contributed by atoms with Crippen LogP contribution in [0.5, 0.6) is 0 Å². The third kappa shape index (κ3) is 6.46. The van der Waals surface area contributed by atoms with E-state index >= 15 is 0 Å². The standard InChI is InChI=1S/C14H26N4O/c1-5-6-16-14(15-4)17-9-13-11-18(7-8-19-13)10-12(2)3/h1,12-13H,6-11H2,2-4H3,(H2,15,16,17). The van der Waals surface area contributed by atoms with Gasteiger partial charge < -0.3 is 15.4 Å². The van der Waals surface area contributed by atoms with Gasteiger partial charge in [-0.1, -0.05) is 19.8 Å². The number of hydrogen-bond donors (Lipinski definition) is 2. The zero-order valence-corrected chi connectivity index (χ0v) is 12.3. The van der Waals surface area contributed by atoms with Crippen molar-refractivity contribution < 1.29 is 4.74 Å². The van der Waals surface area contributed by atoms with Crippen LogP contribution in [0, 0.1) is 18.3 Å². The topological polar surface area (TPSA) is 48.9 Å². The van der Waals surface area contributed by atoms with Gasteiger partial charge in [0.2, 0.25) is 0 Å². The molecule has 1 atom stereocenters. The van der Waals surface area contributed by atoms with Crippen LogP contribution in [0.4, 0.5) is 0 Å². The molecule has 108 valence electrons. The highest BCUT2D eigenvalue weighted by atomic mass is 16.5. The highest BCUT2D eigenvalue weighted by Crippen LogP contribution is 2.07. The summed E-state index contributed by atoms with van der Waals surface area (Å²) in [4.78, 5) is 6.56. The number of guanidine groups is 1. The van der Waals surface area contributed by atoms with E-state index in [9.17, 15) is 0 Å². The first-order chi connectivity index (χ1) is 9.15. The fourth-order valence-corrected chi connectivity index (χ4v) is 2.15. The third-order valence-corrected chi connectivity index (χ3v) is 2.92. The minimum atomic E-state index is 0.205. The first kappa shape index (κ1) is 15.8. The third-order valence-electron chi connectivity index (χ3n) is 2.92. The van der Waals surface area contributed by atoms with E-state index in [1.165, 1.54) is 0 Å². The molecule has 0 aromatic heterocycles. The van der Waals surface area contributed by atoms with Gasteiger partial charge in [0.1, 0.15) is 0 Å². The van der Waals surface area contributed by atoms with Gasteiger partial charge in [-0.15, -0.1) is 6.42 Å². The van der Waals surface area contributed by atoms with Crippen molar-refractivity contribution in [1.29, 1.82) is 0 Å². The van der Waals surface area contributed by atoms with Gasteiger partial charge in [0.25, 0.3) is 0 Å². The summed E-state index contributed by atoms with van der Waals surface area (Å²) in [5, 5.41) is 6.28. The van der Waals surface area contributed by atoms with Crippen molar-refractivity contribution in [1.82, 2.24) is 15.5 Å². The lowest BCUT2D eigenvalue weighted by Gasteiger charge is -2.34. The molecule has 0 amide bonds. The van der Waals surface area contributed by atoms with Crippen molar-refractivity contribution >= 4 is 5.96 Å². The lowest BCUT2D eigenvalue weighted by Crippen LogP contribution is -2.50. The molecule has 0 aromatic rings. The Bertz CT molecular complexity index is 322. The van der Waals surface area contributed by atoms with E-state index in [1.807, 2.05) is 0 Å². The molecule has 1 aliphatic rings. The molecule has 1 unspecified atom stereocenters. The van der Waals surface area contributed by atoms with Gasteiger partial charge in [-0.2, -0.15) is 0 Å². The lowest BCUT2D eigenvalue weighted by molar-refractivity contribution is -0.0284. The van der Waals surface area contributed by atoms with Gasteiger partial charge in [-0.05, 0) is 5.92 Å². The van der Waals surface area contributed by atoms with Gasteiger partial charge in [-0.3, -0.25) is 9.89 Å². The maximum absolute atomic E-state index is 5.76. The first-order valence-electron chi connectivity index (χ1n) is 6.87. The van der Waals surface area contributed by atoms with Crippen LogP contribution in [-0.2, 0) is 4.74 Å². The second-order valence-electron chi connectivity index (χ2n) is 5.16. The molecule has 0 saturated carbocycles. The summed E-state index contributed by atoms with van der Waals surface area (Å²) in [5.74, 6) is 3.94. The number of hydrogen-bond acceptors (Lipinski definition) is 3. The SMILES string of the molecule is C#CCNC(=NC)NCC1CN(CC(C)C)CCO1. The average Bonchev–Trinajstić information content (AvgIpc) is 2.38. The lowest BCUT2D eigenvalue weighted by atomic mass is 10.2. The van der Waals surface area contributed by atoms with Crippen molar-refractivity contribution in [3.05, 3.63) is 0 Å². The molecule has 1 rings (SSSR count). The quantitative estimate of drug-likeness (QED) is 0.422. The van der Waals surface area contributed by atoms with Crippen LogP contribution >= 0.6 is 0 Å². The van der Waals surface area contributed by atoms with Crippen molar-refractivity contribution in [2.24, 2.45) is 10.9 Å². The molecule has 5 nitrogen and oxygen atoms in total. The predicted octanol–water partition coefficient (Wildman–Crippen LogP) is 0.141. The molecule has 19 heavy (non-hydrogen) atoms. The summed E-state index contributed by atoms with van der Waals surface area (Å²) in [5.41, 5.74) is 0. The number of ether oxygens (including phenoxy) is 1. The molecule has 1 heterocycles.